The van der Waals surface area contributed by atoms with Gasteiger partial charge in [-0.1, -0.05) is 46.3 Å². The lowest BCUT2D eigenvalue weighted by molar-refractivity contribution is 0.218. The fourth-order valence-electron chi connectivity index (χ4n) is 2.42. The van der Waals surface area contributed by atoms with Crippen molar-refractivity contribution in [3.63, 3.8) is 0 Å². The lowest BCUT2D eigenvalue weighted by Crippen LogP contribution is -2.35. The average molecular weight is 366 g/mol. The van der Waals surface area contributed by atoms with E-state index in [1.54, 1.807) is 11.9 Å². The van der Waals surface area contributed by atoms with Crippen LogP contribution in [0.1, 0.15) is 22.1 Å². The molecule has 0 bridgehead atoms. The third-order valence-electron chi connectivity index (χ3n) is 3.60. The van der Waals surface area contributed by atoms with E-state index < -0.39 is 0 Å². The summed E-state index contributed by atoms with van der Waals surface area (Å²) in [6, 6.07) is 13.8. The molecule has 0 saturated carbocycles. The molecule has 3 nitrogen and oxygen atoms in total. The Bertz CT molecular complexity index is 704. The largest absolute Gasteiger partial charge is 0.323 e. The first-order valence-electron chi connectivity index (χ1n) is 6.59. The summed E-state index contributed by atoms with van der Waals surface area (Å²) in [7, 11) is 1.77. The van der Waals surface area contributed by atoms with E-state index in [0.717, 1.165) is 26.9 Å². The summed E-state index contributed by atoms with van der Waals surface area (Å²) in [5, 5.41) is 2.63. The third kappa shape index (κ3) is 2.78. The SMILES string of the molecule is CN1Cc2cc(C(Cl)c3ccccc3Br)ccc2NC1=O. The van der Waals surface area contributed by atoms with Crippen molar-refractivity contribution in [3.8, 4) is 0 Å². The van der Waals surface area contributed by atoms with Gasteiger partial charge in [0.15, 0.2) is 0 Å². The average Bonchev–Trinajstić information content (AvgIpc) is 2.48. The summed E-state index contributed by atoms with van der Waals surface area (Å²) in [5.74, 6) is 0. The summed E-state index contributed by atoms with van der Waals surface area (Å²) in [4.78, 5) is 13.3. The van der Waals surface area contributed by atoms with Gasteiger partial charge in [-0.05, 0) is 28.8 Å². The Morgan fingerprint density at radius 3 is 2.81 bits per heavy atom. The number of carbonyl (C=O) groups is 1. The zero-order valence-electron chi connectivity index (χ0n) is 11.4. The number of carbonyl (C=O) groups excluding carboxylic acids is 1. The van der Waals surface area contributed by atoms with Crippen LogP contribution in [-0.4, -0.2) is 18.0 Å². The maximum Gasteiger partial charge on any atom is 0.321 e. The van der Waals surface area contributed by atoms with Crippen molar-refractivity contribution in [2.45, 2.75) is 11.9 Å². The molecule has 2 aromatic rings. The highest BCUT2D eigenvalue weighted by atomic mass is 79.9. The lowest BCUT2D eigenvalue weighted by atomic mass is 10.00. The van der Waals surface area contributed by atoms with Crippen LogP contribution in [0.25, 0.3) is 0 Å². The molecule has 108 valence electrons. The maximum absolute atomic E-state index is 11.6. The van der Waals surface area contributed by atoms with Gasteiger partial charge in [-0.3, -0.25) is 0 Å². The molecular formula is C16H14BrClN2O. The Balaban J connectivity index is 1.96. The summed E-state index contributed by atoms with van der Waals surface area (Å²) < 4.78 is 0.994. The highest BCUT2D eigenvalue weighted by Crippen LogP contribution is 2.35. The van der Waals surface area contributed by atoms with Gasteiger partial charge in [0.05, 0.1) is 5.38 Å². The highest BCUT2D eigenvalue weighted by molar-refractivity contribution is 9.10. The van der Waals surface area contributed by atoms with Crippen LogP contribution in [0.3, 0.4) is 0 Å². The zero-order valence-corrected chi connectivity index (χ0v) is 13.8. The Morgan fingerprint density at radius 2 is 2.05 bits per heavy atom. The van der Waals surface area contributed by atoms with Crippen LogP contribution in [0.2, 0.25) is 0 Å². The number of amides is 2. The molecule has 0 fully saturated rings. The van der Waals surface area contributed by atoms with E-state index >= 15 is 0 Å². The van der Waals surface area contributed by atoms with Crippen LogP contribution in [0.15, 0.2) is 46.9 Å². The van der Waals surface area contributed by atoms with Crippen LogP contribution >= 0.6 is 27.5 Å². The van der Waals surface area contributed by atoms with Crippen molar-refractivity contribution >= 4 is 39.2 Å². The van der Waals surface area contributed by atoms with Gasteiger partial charge in [0.1, 0.15) is 0 Å². The molecule has 1 atom stereocenters. The first kappa shape index (κ1) is 14.4. The van der Waals surface area contributed by atoms with E-state index in [1.807, 2.05) is 36.4 Å². The summed E-state index contributed by atoms with van der Waals surface area (Å²) in [5.41, 5.74) is 3.99. The Kier molecular flexibility index (Phi) is 3.91. The van der Waals surface area contributed by atoms with Gasteiger partial charge in [-0.15, -0.1) is 11.6 Å². The minimum absolute atomic E-state index is 0.0801. The van der Waals surface area contributed by atoms with Gasteiger partial charge in [0.25, 0.3) is 0 Å². The Labute approximate surface area is 137 Å². The number of urea groups is 1. The number of hydrogen-bond acceptors (Lipinski definition) is 1. The molecular weight excluding hydrogens is 352 g/mol. The molecule has 21 heavy (non-hydrogen) atoms. The molecule has 0 aromatic heterocycles. The number of benzene rings is 2. The van der Waals surface area contributed by atoms with Gasteiger partial charge in [0, 0.05) is 23.8 Å². The predicted octanol–water partition coefficient (Wildman–Crippen LogP) is 4.75. The normalized spacial score (nSPS) is 15.4. The number of nitrogens with one attached hydrogen (secondary N) is 1. The Hall–Kier alpha value is -1.52. The topological polar surface area (TPSA) is 32.3 Å². The lowest BCUT2D eigenvalue weighted by Gasteiger charge is -2.26. The van der Waals surface area contributed by atoms with E-state index in [9.17, 15) is 4.79 Å². The molecule has 5 heteroatoms. The molecule has 0 saturated heterocycles. The van der Waals surface area contributed by atoms with Crippen LogP contribution < -0.4 is 5.32 Å². The van der Waals surface area contributed by atoms with Gasteiger partial charge >= 0.3 is 6.03 Å². The van der Waals surface area contributed by atoms with E-state index in [0.29, 0.717) is 6.54 Å². The minimum atomic E-state index is -0.228. The zero-order chi connectivity index (χ0) is 15.0. The molecule has 1 unspecified atom stereocenters. The van der Waals surface area contributed by atoms with Gasteiger partial charge in [-0.2, -0.15) is 0 Å². The van der Waals surface area contributed by atoms with Crippen LogP contribution in [0, 0.1) is 0 Å². The maximum atomic E-state index is 11.6. The molecule has 1 aliphatic heterocycles. The quantitative estimate of drug-likeness (QED) is 0.765. The number of anilines is 1. The molecule has 2 aromatic carbocycles. The molecule has 2 amide bonds. The van der Waals surface area contributed by atoms with Crippen molar-refractivity contribution in [2.24, 2.45) is 0 Å². The predicted molar refractivity (Wildman–Crippen MR) is 88.8 cm³/mol. The molecule has 3 rings (SSSR count). The molecule has 0 spiro atoms. The number of hydrogen-bond donors (Lipinski definition) is 1. The Morgan fingerprint density at radius 1 is 1.29 bits per heavy atom. The number of rotatable bonds is 2. The monoisotopic (exact) mass is 364 g/mol. The molecule has 0 radical (unpaired) electrons. The molecule has 1 aliphatic rings. The third-order valence-corrected chi connectivity index (χ3v) is 4.81. The van der Waals surface area contributed by atoms with Gasteiger partial charge < -0.3 is 10.2 Å². The summed E-state index contributed by atoms with van der Waals surface area (Å²) in [6.45, 7) is 0.592. The highest BCUT2D eigenvalue weighted by Gasteiger charge is 2.21. The van der Waals surface area contributed by atoms with Crippen molar-refractivity contribution in [2.75, 3.05) is 12.4 Å². The van der Waals surface area contributed by atoms with Gasteiger partial charge in [-0.25, -0.2) is 4.79 Å². The van der Waals surface area contributed by atoms with E-state index in [2.05, 4.69) is 27.3 Å². The van der Waals surface area contributed by atoms with Crippen LogP contribution in [0.4, 0.5) is 10.5 Å². The fourth-order valence-corrected chi connectivity index (χ4v) is 3.39. The van der Waals surface area contributed by atoms with Crippen molar-refractivity contribution < 1.29 is 4.79 Å². The number of fused-ring (bicyclic) bond motifs is 1. The van der Waals surface area contributed by atoms with Crippen molar-refractivity contribution in [1.29, 1.82) is 0 Å². The van der Waals surface area contributed by atoms with E-state index in [-0.39, 0.29) is 11.4 Å². The number of alkyl halides is 1. The second kappa shape index (κ2) is 5.70. The summed E-state index contributed by atoms with van der Waals surface area (Å²) >= 11 is 10.2. The second-order valence-corrected chi connectivity index (χ2v) is 6.38. The van der Waals surface area contributed by atoms with Crippen molar-refractivity contribution in [3.05, 3.63) is 63.6 Å². The van der Waals surface area contributed by atoms with Crippen molar-refractivity contribution in [1.82, 2.24) is 4.90 Å². The second-order valence-electron chi connectivity index (χ2n) is 5.09. The minimum Gasteiger partial charge on any atom is -0.323 e. The van der Waals surface area contributed by atoms with Crippen LogP contribution in [-0.2, 0) is 6.54 Å². The standard InChI is InChI=1S/C16H14BrClN2O/c1-20-9-11-8-10(6-7-14(11)19-16(20)21)15(18)12-4-2-3-5-13(12)17/h2-8,15H,9H2,1H3,(H,19,21). The van der Waals surface area contributed by atoms with E-state index in [4.69, 9.17) is 11.6 Å². The fraction of sp³-hybridized carbons (Fsp3) is 0.188. The molecule has 0 aliphatic carbocycles. The number of halogens is 2. The van der Waals surface area contributed by atoms with E-state index in [1.165, 1.54) is 0 Å². The first-order chi connectivity index (χ1) is 10.1. The smallest absolute Gasteiger partial charge is 0.321 e. The summed E-state index contributed by atoms with van der Waals surface area (Å²) in [6.07, 6.45) is 0. The number of nitrogens with zero attached hydrogens (tertiary/aromatic N) is 1. The first-order valence-corrected chi connectivity index (χ1v) is 7.82. The molecule has 1 N–H and O–H groups in total. The van der Waals surface area contributed by atoms with Crippen LogP contribution in [0.5, 0.6) is 0 Å². The molecule has 1 heterocycles. The van der Waals surface area contributed by atoms with Gasteiger partial charge in [0.2, 0.25) is 0 Å².